The Morgan fingerprint density at radius 1 is 1.32 bits per heavy atom. The average Bonchev–Trinajstić information content (AvgIpc) is 3.17. The second kappa shape index (κ2) is 5.77. The van der Waals surface area contributed by atoms with E-state index in [1.54, 1.807) is 42.2 Å². The zero-order valence-electron chi connectivity index (χ0n) is 12.0. The van der Waals surface area contributed by atoms with Gasteiger partial charge in [0, 0.05) is 13.1 Å². The second-order valence-electron chi connectivity index (χ2n) is 5.21. The van der Waals surface area contributed by atoms with Crippen molar-refractivity contribution in [1.82, 2.24) is 14.5 Å². The Kier molecular flexibility index (Phi) is 3.96. The molecule has 3 rings (SSSR count). The molecule has 0 radical (unpaired) electrons. The minimum atomic E-state index is -3.41. The van der Waals surface area contributed by atoms with Crippen molar-refractivity contribution in [1.29, 1.82) is 0 Å². The maximum absolute atomic E-state index is 12.6. The van der Waals surface area contributed by atoms with Gasteiger partial charge in [0.1, 0.15) is 4.88 Å². The summed E-state index contributed by atoms with van der Waals surface area (Å²) in [6.07, 6.45) is 0.453. The van der Waals surface area contributed by atoms with Gasteiger partial charge in [0.05, 0.1) is 15.8 Å². The van der Waals surface area contributed by atoms with Gasteiger partial charge in [-0.15, -0.1) is 5.10 Å². The van der Waals surface area contributed by atoms with Crippen molar-refractivity contribution in [2.24, 2.45) is 0 Å². The summed E-state index contributed by atoms with van der Waals surface area (Å²) in [5.41, 5.74) is 0.587. The molecule has 0 bridgehead atoms. The van der Waals surface area contributed by atoms with E-state index in [9.17, 15) is 13.2 Å². The molecule has 116 valence electrons. The number of amides is 1. The van der Waals surface area contributed by atoms with Crippen LogP contribution in [-0.2, 0) is 9.84 Å². The summed E-state index contributed by atoms with van der Waals surface area (Å²) < 4.78 is 28.9. The molecule has 1 fully saturated rings. The molecule has 1 atom stereocenters. The second-order valence-corrected chi connectivity index (χ2v) is 8.19. The molecule has 2 heterocycles. The Morgan fingerprint density at radius 2 is 2.05 bits per heavy atom. The van der Waals surface area contributed by atoms with E-state index < -0.39 is 15.1 Å². The Hall–Kier alpha value is -1.80. The molecule has 0 N–H and O–H groups in total. The summed E-state index contributed by atoms with van der Waals surface area (Å²) in [6.45, 7) is 2.38. The molecule has 6 nitrogen and oxygen atoms in total. The van der Waals surface area contributed by atoms with E-state index in [2.05, 4.69) is 9.59 Å². The highest BCUT2D eigenvalue weighted by atomic mass is 32.2. The monoisotopic (exact) mass is 337 g/mol. The fourth-order valence-electron chi connectivity index (χ4n) is 2.54. The molecular formula is C14H15N3O3S2. The van der Waals surface area contributed by atoms with Gasteiger partial charge in [0.2, 0.25) is 0 Å². The third kappa shape index (κ3) is 2.64. The maximum Gasteiger partial charge on any atom is 0.267 e. The van der Waals surface area contributed by atoms with Gasteiger partial charge in [-0.05, 0) is 37.0 Å². The minimum Gasteiger partial charge on any atom is -0.336 e. The lowest BCUT2D eigenvalue weighted by atomic mass is 10.3. The van der Waals surface area contributed by atoms with Gasteiger partial charge in [0.25, 0.3) is 5.91 Å². The highest BCUT2D eigenvalue weighted by Gasteiger charge is 2.37. The molecule has 2 aromatic rings. The molecule has 1 aromatic heterocycles. The quantitative estimate of drug-likeness (QED) is 0.848. The first kappa shape index (κ1) is 15.1. The van der Waals surface area contributed by atoms with Crippen LogP contribution in [0.25, 0.3) is 0 Å². The minimum absolute atomic E-state index is 0.182. The molecular weight excluding hydrogens is 322 g/mol. The fourth-order valence-corrected chi connectivity index (χ4v) is 4.88. The van der Waals surface area contributed by atoms with Crippen LogP contribution in [0.3, 0.4) is 0 Å². The molecule has 0 unspecified atom stereocenters. The van der Waals surface area contributed by atoms with Crippen molar-refractivity contribution >= 4 is 27.3 Å². The Bertz CT molecular complexity index is 787. The van der Waals surface area contributed by atoms with E-state index in [-0.39, 0.29) is 12.5 Å². The van der Waals surface area contributed by atoms with Gasteiger partial charge >= 0.3 is 0 Å². The van der Waals surface area contributed by atoms with E-state index in [1.165, 1.54) is 0 Å². The van der Waals surface area contributed by atoms with Crippen LogP contribution < -0.4 is 0 Å². The van der Waals surface area contributed by atoms with Crippen molar-refractivity contribution < 1.29 is 13.2 Å². The highest BCUT2D eigenvalue weighted by molar-refractivity contribution is 7.92. The molecule has 0 saturated carbocycles. The smallest absolute Gasteiger partial charge is 0.267 e. The molecule has 22 heavy (non-hydrogen) atoms. The van der Waals surface area contributed by atoms with Crippen LogP contribution in [0.15, 0.2) is 35.2 Å². The van der Waals surface area contributed by atoms with Crippen LogP contribution in [-0.4, -0.2) is 47.2 Å². The zero-order chi connectivity index (χ0) is 15.7. The van der Waals surface area contributed by atoms with Crippen LogP contribution in [0, 0.1) is 6.92 Å². The standard InChI is InChI=1S/C14H15N3O3S2/c1-10-13(21-16-15-10)14(18)17-8-7-12(9-17)22(19,20)11-5-3-2-4-6-11/h2-6,12H,7-9H2,1H3/t12-/m1/s1. The number of aryl methyl sites for hydroxylation is 1. The predicted octanol–water partition coefficient (Wildman–Crippen LogP) is 1.53. The number of sulfone groups is 1. The first-order valence-electron chi connectivity index (χ1n) is 6.87. The molecule has 0 spiro atoms. The largest absolute Gasteiger partial charge is 0.336 e. The predicted molar refractivity (Wildman–Crippen MR) is 82.6 cm³/mol. The van der Waals surface area contributed by atoms with Gasteiger partial charge in [-0.1, -0.05) is 22.7 Å². The van der Waals surface area contributed by atoms with Crippen LogP contribution in [0.2, 0.25) is 0 Å². The Morgan fingerprint density at radius 3 is 2.68 bits per heavy atom. The first-order valence-corrected chi connectivity index (χ1v) is 9.19. The number of rotatable bonds is 3. The average molecular weight is 337 g/mol. The summed E-state index contributed by atoms with van der Waals surface area (Å²) in [7, 11) is -3.41. The fraction of sp³-hybridized carbons (Fsp3) is 0.357. The SMILES string of the molecule is Cc1nnsc1C(=O)N1CC[C@@H](S(=O)(=O)c2ccccc2)C1. The first-order chi connectivity index (χ1) is 10.5. The van der Waals surface area contributed by atoms with Gasteiger partial charge < -0.3 is 4.90 Å². The van der Waals surface area contributed by atoms with Crippen LogP contribution in [0.5, 0.6) is 0 Å². The third-order valence-electron chi connectivity index (χ3n) is 3.79. The van der Waals surface area contributed by atoms with E-state index >= 15 is 0 Å². The molecule has 1 aliphatic heterocycles. The molecule has 0 aliphatic carbocycles. The Labute approximate surface area is 132 Å². The summed E-state index contributed by atoms with van der Waals surface area (Å²) in [5, 5.41) is 3.27. The lowest BCUT2D eigenvalue weighted by molar-refractivity contribution is 0.0797. The molecule has 1 saturated heterocycles. The van der Waals surface area contributed by atoms with Crippen molar-refractivity contribution in [3.05, 3.63) is 40.9 Å². The van der Waals surface area contributed by atoms with E-state index in [0.29, 0.717) is 28.4 Å². The number of benzene rings is 1. The Balaban J connectivity index is 1.78. The summed E-state index contributed by atoms with van der Waals surface area (Å²) in [5.74, 6) is -0.182. The van der Waals surface area contributed by atoms with E-state index in [1.807, 2.05) is 0 Å². The summed E-state index contributed by atoms with van der Waals surface area (Å²) in [4.78, 5) is 14.8. The van der Waals surface area contributed by atoms with Gasteiger partial charge in [0.15, 0.2) is 9.84 Å². The lowest BCUT2D eigenvalue weighted by Crippen LogP contribution is -2.31. The number of carbonyl (C=O) groups excluding carboxylic acids is 1. The van der Waals surface area contributed by atoms with Crippen molar-refractivity contribution in [3.8, 4) is 0 Å². The third-order valence-corrected chi connectivity index (χ3v) is 6.80. The van der Waals surface area contributed by atoms with Crippen molar-refractivity contribution in [2.45, 2.75) is 23.5 Å². The molecule has 8 heteroatoms. The van der Waals surface area contributed by atoms with Crippen LogP contribution in [0.4, 0.5) is 0 Å². The number of hydrogen-bond acceptors (Lipinski definition) is 6. The number of nitrogens with zero attached hydrogens (tertiary/aromatic N) is 3. The van der Waals surface area contributed by atoms with Gasteiger partial charge in [-0.2, -0.15) is 0 Å². The number of likely N-dealkylation sites (tertiary alicyclic amines) is 1. The van der Waals surface area contributed by atoms with E-state index in [4.69, 9.17) is 0 Å². The summed E-state index contributed by atoms with van der Waals surface area (Å²) in [6, 6.07) is 8.38. The lowest BCUT2D eigenvalue weighted by Gasteiger charge is -2.16. The maximum atomic E-state index is 12.6. The normalized spacial score (nSPS) is 18.6. The van der Waals surface area contributed by atoms with Crippen molar-refractivity contribution in [2.75, 3.05) is 13.1 Å². The van der Waals surface area contributed by atoms with E-state index in [0.717, 1.165) is 11.5 Å². The molecule has 1 aliphatic rings. The topological polar surface area (TPSA) is 80.2 Å². The number of carbonyl (C=O) groups is 1. The highest BCUT2D eigenvalue weighted by Crippen LogP contribution is 2.25. The molecule has 1 amide bonds. The zero-order valence-corrected chi connectivity index (χ0v) is 13.6. The van der Waals surface area contributed by atoms with Gasteiger partial charge in [-0.25, -0.2) is 8.42 Å². The number of aromatic nitrogens is 2. The van der Waals surface area contributed by atoms with Crippen LogP contribution in [0.1, 0.15) is 21.8 Å². The summed E-state index contributed by atoms with van der Waals surface area (Å²) >= 11 is 1.05. The number of hydrogen-bond donors (Lipinski definition) is 0. The van der Waals surface area contributed by atoms with Gasteiger partial charge in [-0.3, -0.25) is 4.79 Å². The molecule has 1 aromatic carbocycles. The van der Waals surface area contributed by atoms with Crippen molar-refractivity contribution in [3.63, 3.8) is 0 Å². The van der Waals surface area contributed by atoms with Crippen LogP contribution >= 0.6 is 11.5 Å².